The van der Waals surface area contributed by atoms with E-state index in [1.165, 1.54) is 55.0 Å². The molecule has 3 fully saturated rings. The van der Waals surface area contributed by atoms with Crippen molar-refractivity contribution >= 4 is 23.9 Å². The van der Waals surface area contributed by atoms with Crippen molar-refractivity contribution in [1.82, 2.24) is 0 Å². The van der Waals surface area contributed by atoms with Crippen molar-refractivity contribution in [3.05, 3.63) is 71.8 Å². The van der Waals surface area contributed by atoms with Gasteiger partial charge in [0, 0.05) is 61.9 Å². The van der Waals surface area contributed by atoms with E-state index in [4.69, 9.17) is 19.9 Å². The average molecular weight is 540 g/mol. The molecule has 3 unspecified atom stereocenters. The summed E-state index contributed by atoms with van der Waals surface area (Å²) in [7, 11) is 0. The smallest absolute Gasteiger partial charge is 0.458 e. The molecule has 3 atom stereocenters. The number of nitrogens with two attached hydrogens (primary N) is 1. The fourth-order valence-electron chi connectivity index (χ4n) is 7.07. The second-order valence-corrected chi connectivity index (χ2v) is 11.7. The maximum Gasteiger partial charge on any atom is 0.510 e. The molecule has 204 valence electrons. The van der Waals surface area contributed by atoms with Crippen LogP contribution in [0.3, 0.4) is 0 Å². The lowest BCUT2D eigenvalue weighted by molar-refractivity contribution is -0.956. The van der Waals surface area contributed by atoms with Gasteiger partial charge in [-0.1, -0.05) is 60.7 Å². The van der Waals surface area contributed by atoms with Gasteiger partial charge in [0.05, 0.1) is 25.2 Å². The van der Waals surface area contributed by atoms with E-state index in [1.54, 1.807) is 24.3 Å². The van der Waals surface area contributed by atoms with Crippen LogP contribution < -0.4 is 5.73 Å². The number of carbonyl (C=O) groups excluding carboxylic acids is 2. The number of quaternary nitrogens is 1. The number of ether oxygens (including phenoxy) is 3. The van der Waals surface area contributed by atoms with Crippen molar-refractivity contribution in [2.75, 3.05) is 31.6 Å². The van der Waals surface area contributed by atoms with E-state index in [0.717, 1.165) is 12.8 Å². The molecule has 0 aliphatic carbocycles. The van der Waals surface area contributed by atoms with Crippen LogP contribution in [0.15, 0.2) is 60.7 Å². The number of thioether (sulfide) groups is 1. The maximum atomic E-state index is 14.3. The highest BCUT2D eigenvalue weighted by Crippen LogP contribution is 2.47. The highest BCUT2D eigenvalue weighted by Gasteiger charge is 2.57. The Morgan fingerprint density at radius 2 is 1.53 bits per heavy atom. The predicted octanol–water partition coefficient (Wildman–Crippen LogP) is 4.62. The first kappa shape index (κ1) is 27.0. The number of benzene rings is 2. The van der Waals surface area contributed by atoms with Gasteiger partial charge < -0.3 is 24.4 Å². The molecule has 0 saturated carbocycles. The number of piperidine rings is 1. The molecule has 0 radical (unpaired) electrons. The molecule has 2 aromatic rings. The quantitative estimate of drug-likeness (QED) is 0.367. The van der Waals surface area contributed by atoms with Gasteiger partial charge in [-0.25, -0.2) is 9.59 Å². The Morgan fingerprint density at radius 1 is 0.974 bits per heavy atom. The molecule has 2 bridgehead atoms. The van der Waals surface area contributed by atoms with Gasteiger partial charge in [0.25, 0.3) is 5.60 Å². The van der Waals surface area contributed by atoms with Crippen molar-refractivity contribution in [3.63, 3.8) is 0 Å². The monoisotopic (exact) mass is 539 g/mol. The first-order valence-electron chi connectivity index (χ1n) is 13.8. The fourth-order valence-corrected chi connectivity index (χ4v) is 7.65. The molecule has 2 aromatic carbocycles. The summed E-state index contributed by atoms with van der Waals surface area (Å²) >= 11 is 1.52. The van der Waals surface area contributed by atoms with E-state index in [1.807, 2.05) is 42.7 Å². The van der Waals surface area contributed by atoms with Gasteiger partial charge in [0.15, 0.2) is 0 Å². The van der Waals surface area contributed by atoms with Gasteiger partial charge in [-0.2, -0.15) is 11.8 Å². The normalized spacial score (nSPS) is 24.6. The zero-order valence-electron chi connectivity index (χ0n) is 22.1. The van der Waals surface area contributed by atoms with Crippen molar-refractivity contribution in [1.29, 1.82) is 0 Å². The summed E-state index contributed by atoms with van der Waals surface area (Å²) in [5.41, 5.74) is 5.06. The third-order valence-electron chi connectivity index (χ3n) is 8.79. The molecule has 3 aliphatic heterocycles. The molecular formula is C30H39N2O5S+. The molecule has 3 saturated heterocycles. The van der Waals surface area contributed by atoms with E-state index in [0.29, 0.717) is 29.0 Å². The fraction of sp³-hybridized carbons (Fsp3) is 0.533. The molecule has 3 aliphatic rings. The summed E-state index contributed by atoms with van der Waals surface area (Å²) in [6.07, 6.45) is 6.93. The van der Waals surface area contributed by atoms with E-state index in [2.05, 4.69) is 0 Å². The summed E-state index contributed by atoms with van der Waals surface area (Å²) in [6, 6.07) is 19.3. The Morgan fingerprint density at radius 3 is 2.03 bits per heavy atom. The molecule has 0 amide bonds. The Kier molecular flexibility index (Phi) is 8.31. The van der Waals surface area contributed by atoms with Crippen molar-refractivity contribution in [3.8, 4) is 0 Å². The summed E-state index contributed by atoms with van der Waals surface area (Å²) in [6.45, 7) is 2.66. The van der Waals surface area contributed by atoms with Crippen molar-refractivity contribution < 1.29 is 28.3 Å². The minimum atomic E-state index is -1.80. The number of hydrogen-bond acceptors (Lipinski definition) is 7. The van der Waals surface area contributed by atoms with Crippen LogP contribution in [0.1, 0.15) is 49.7 Å². The summed E-state index contributed by atoms with van der Waals surface area (Å²) in [4.78, 5) is 27.5. The largest absolute Gasteiger partial charge is 0.510 e. The zero-order chi connectivity index (χ0) is 26.6. The van der Waals surface area contributed by atoms with Crippen molar-refractivity contribution in [2.24, 2.45) is 5.73 Å². The molecular weight excluding hydrogens is 500 g/mol. The second kappa shape index (κ2) is 11.7. The van der Waals surface area contributed by atoms with Crippen LogP contribution in [0.25, 0.3) is 0 Å². The van der Waals surface area contributed by atoms with Gasteiger partial charge in [0.1, 0.15) is 12.2 Å². The number of rotatable bonds is 9. The lowest BCUT2D eigenvalue weighted by atomic mass is 9.85. The van der Waals surface area contributed by atoms with Crippen LogP contribution >= 0.6 is 11.8 Å². The maximum absolute atomic E-state index is 14.3. The van der Waals surface area contributed by atoms with Gasteiger partial charge in [-0.05, 0) is 6.26 Å². The molecule has 7 nitrogen and oxygen atoms in total. The third kappa shape index (κ3) is 5.06. The molecule has 2 N–H and O–H groups in total. The summed E-state index contributed by atoms with van der Waals surface area (Å²) in [5.74, 6) is -0.0508. The lowest BCUT2D eigenvalue weighted by Crippen LogP contribution is -2.60. The first-order chi connectivity index (χ1) is 18.5. The van der Waals surface area contributed by atoms with Crippen LogP contribution in [0, 0.1) is 0 Å². The van der Waals surface area contributed by atoms with Crippen LogP contribution in [-0.4, -0.2) is 72.5 Å². The molecule has 0 aromatic heterocycles. The minimum absolute atomic E-state index is 0.162. The molecule has 1 spiro atoms. The van der Waals surface area contributed by atoms with Gasteiger partial charge in [-0.3, -0.25) is 0 Å². The summed E-state index contributed by atoms with van der Waals surface area (Å²) < 4.78 is 19.2. The topological polar surface area (TPSA) is 87.9 Å². The first-order valence-corrected chi connectivity index (χ1v) is 15.2. The molecule has 38 heavy (non-hydrogen) atoms. The minimum Gasteiger partial charge on any atom is -0.458 e. The Bertz CT molecular complexity index is 1040. The van der Waals surface area contributed by atoms with E-state index in [-0.39, 0.29) is 12.6 Å². The SMILES string of the molecule is CSCC(CN)OC(=O)OC(C(=O)OC1CC2CCC(C1)[N+]21CCCC1)(c1ccccc1)c1ccccc1. The Hall–Kier alpha value is -2.55. The number of hydrogen-bond donors (Lipinski definition) is 1. The van der Waals surface area contributed by atoms with Crippen LogP contribution in [0.2, 0.25) is 0 Å². The number of carbonyl (C=O) groups is 2. The highest BCUT2D eigenvalue weighted by atomic mass is 32.2. The Labute approximate surface area is 229 Å². The summed E-state index contributed by atoms with van der Waals surface area (Å²) in [5, 5.41) is 0. The van der Waals surface area contributed by atoms with E-state index in [9.17, 15) is 9.59 Å². The lowest BCUT2D eigenvalue weighted by Gasteiger charge is -2.47. The van der Waals surface area contributed by atoms with Crippen LogP contribution in [0.5, 0.6) is 0 Å². The highest BCUT2D eigenvalue weighted by molar-refractivity contribution is 7.98. The molecule has 8 heteroatoms. The van der Waals surface area contributed by atoms with E-state index >= 15 is 0 Å². The third-order valence-corrected chi connectivity index (χ3v) is 9.50. The average Bonchev–Trinajstić information content (AvgIpc) is 3.49. The number of esters is 1. The second-order valence-electron chi connectivity index (χ2n) is 10.8. The van der Waals surface area contributed by atoms with Crippen molar-refractivity contribution in [2.45, 2.75) is 68.4 Å². The Balaban J connectivity index is 1.46. The van der Waals surface area contributed by atoms with Gasteiger partial charge >= 0.3 is 12.1 Å². The zero-order valence-corrected chi connectivity index (χ0v) is 22.9. The molecule has 5 rings (SSSR count). The molecule has 3 heterocycles. The van der Waals surface area contributed by atoms with E-state index < -0.39 is 23.8 Å². The van der Waals surface area contributed by atoms with Crippen LogP contribution in [-0.2, 0) is 24.6 Å². The van der Waals surface area contributed by atoms with Gasteiger partial charge in [-0.15, -0.1) is 0 Å². The van der Waals surface area contributed by atoms with Gasteiger partial charge in [0.2, 0.25) is 0 Å². The number of nitrogens with zero attached hydrogens (tertiary/aromatic N) is 1. The van der Waals surface area contributed by atoms with Crippen LogP contribution in [0.4, 0.5) is 4.79 Å². The predicted molar refractivity (Wildman–Crippen MR) is 148 cm³/mol. The standard InChI is InChI=1S/C30H39N2O5S/c1-38-21-27(20-31)36-29(34)37-30(22-10-4-2-5-11-22,23-12-6-3-7-13-23)28(33)35-26-18-24-14-15-25(19-26)32(24)16-8-9-17-32/h2-7,10-13,24-27H,8-9,14-21,31H2,1H3/q+1.